The smallest absolute Gasteiger partial charge is 0.303 e. The Morgan fingerprint density at radius 3 is 2.63 bits per heavy atom. The predicted octanol–water partition coefficient (Wildman–Crippen LogP) is 3.08. The molecule has 4 heteroatoms. The van der Waals surface area contributed by atoms with Crippen LogP contribution in [0, 0.1) is 5.92 Å². The lowest BCUT2D eigenvalue weighted by molar-refractivity contribution is -0.137. The Hall–Kier alpha value is -1.84. The summed E-state index contributed by atoms with van der Waals surface area (Å²) in [5.41, 5.74) is 1.65. The van der Waals surface area contributed by atoms with E-state index in [2.05, 4.69) is 19.2 Å². The summed E-state index contributed by atoms with van der Waals surface area (Å²) < 4.78 is 0. The van der Waals surface area contributed by atoms with Crippen molar-refractivity contribution in [3.8, 4) is 0 Å². The Morgan fingerprint density at radius 2 is 2.00 bits per heavy atom. The van der Waals surface area contributed by atoms with E-state index in [9.17, 15) is 9.59 Å². The van der Waals surface area contributed by atoms with Gasteiger partial charge in [0.25, 0.3) is 0 Å². The molecule has 104 valence electrons. The number of aryl methyl sites for hydroxylation is 1. The second-order valence-corrected chi connectivity index (χ2v) is 5.07. The molecule has 0 spiro atoms. The lowest BCUT2D eigenvalue weighted by Crippen LogP contribution is -2.12. The molecule has 0 aliphatic rings. The molecule has 0 atom stereocenters. The number of carboxylic acids is 1. The van der Waals surface area contributed by atoms with E-state index < -0.39 is 5.97 Å². The zero-order valence-electron chi connectivity index (χ0n) is 11.5. The highest BCUT2D eigenvalue weighted by molar-refractivity contribution is 5.90. The Labute approximate surface area is 113 Å². The van der Waals surface area contributed by atoms with Gasteiger partial charge in [-0.25, -0.2) is 0 Å². The molecule has 0 fully saturated rings. The zero-order chi connectivity index (χ0) is 14.3. The average Bonchev–Trinajstić information content (AvgIpc) is 2.34. The van der Waals surface area contributed by atoms with Crippen LogP contribution in [0.3, 0.4) is 0 Å². The number of nitrogens with one attached hydrogen (secondary N) is 1. The Bertz CT molecular complexity index is 441. The first-order valence-corrected chi connectivity index (χ1v) is 6.58. The highest BCUT2D eigenvalue weighted by Crippen LogP contribution is 2.13. The fourth-order valence-electron chi connectivity index (χ4n) is 1.70. The number of carboxylic acid groups (broad SMARTS) is 1. The maximum absolute atomic E-state index is 11.7. The van der Waals surface area contributed by atoms with E-state index in [1.165, 1.54) is 0 Å². The van der Waals surface area contributed by atoms with Crippen molar-refractivity contribution in [1.82, 2.24) is 0 Å². The second kappa shape index (κ2) is 7.56. The minimum Gasteiger partial charge on any atom is -0.481 e. The highest BCUT2D eigenvalue weighted by atomic mass is 16.4. The van der Waals surface area contributed by atoms with Crippen LogP contribution < -0.4 is 5.32 Å². The molecule has 1 aromatic carbocycles. The first-order chi connectivity index (χ1) is 8.97. The molecule has 0 aliphatic heterocycles. The van der Waals surface area contributed by atoms with Gasteiger partial charge in [-0.1, -0.05) is 26.0 Å². The van der Waals surface area contributed by atoms with Gasteiger partial charge in [-0.2, -0.15) is 0 Å². The number of anilines is 1. The number of carbonyl (C=O) groups is 2. The SMILES string of the molecule is CC(C)CCC(=O)Nc1cccc(CCC(=O)O)c1. The normalized spacial score (nSPS) is 10.5. The van der Waals surface area contributed by atoms with Gasteiger partial charge in [0.05, 0.1) is 0 Å². The summed E-state index contributed by atoms with van der Waals surface area (Å²) in [5, 5.41) is 11.5. The van der Waals surface area contributed by atoms with Gasteiger partial charge in [-0.3, -0.25) is 9.59 Å². The lowest BCUT2D eigenvalue weighted by atomic mass is 10.1. The Morgan fingerprint density at radius 1 is 1.26 bits per heavy atom. The Balaban J connectivity index is 2.51. The zero-order valence-corrected chi connectivity index (χ0v) is 11.5. The van der Waals surface area contributed by atoms with Crippen LogP contribution in [0.15, 0.2) is 24.3 Å². The van der Waals surface area contributed by atoms with E-state index in [1.54, 1.807) is 0 Å². The van der Waals surface area contributed by atoms with Crippen molar-refractivity contribution in [3.05, 3.63) is 29.8 Å². The second-order valence-electron chi connectivity index (χ2n) is 5.07. The number of carbonyl (C=O) groups excluding carboxylic acids is 1. The number of aliphatic carboxylic acids is 1. The molecular formula is C15H21NO3. The summed E-state index contributed by atoms with van der Waals surface area (Å²) in [6.07, 6.45) is 1.96. The van der Waals surface area contributed by atoms with Gasteiger partial charge in [0.2, 0.25) is 5.91 Å². The van der Waals surface area contributed by atoms with Crippen molar-refractivity contribution in [3.63, 3.8) is 0 Å². The lowest BCUT2D eigenvalue weighted by Gasteiger charge is -2.08. The summed E-state index contributed by atoms with van der Waals surface area (Å²) in [7, 11) is 0. The standard InChI is InChI=1S/C15H21NO3/c1-11(2)6-8-14(17)16-13-5-3-4-12(10-13)7-9-15(18)19/h3-5,10-11H,6-9H2,1-2H3,(H,16,17)(H,18,19). The largest absolute Gasteiger partial charge is 0.481 e. The van der Waals surface area contributed by atoms with Crippen LogP contribution in [0.25, 0.3) is 0 Å². The summed E-state index contributed by atoms with van der Waals surface area (Å²) in [6.45, 7) is 4.17. The minimum absolute atomic E-state index is 0.00378. The molecule has 0 bridgehead atoms. The van der Waals surface area contributed by atoms with Gasteiger partial charge in [-0.15, -0.1) is 0 Å². The maximum atomic E-state index is 11.7. The molecule has 0 saturated heterocycles. The maximum Gasteiger partial charge on any atom is 0.303 e. The van der Waals surface area contributed by atoms with Crippen molar-refractivity contribution in [2.24, 2.45) is 5.92 Å². The number of hydrogen-bond acceptors (Lipinski definition) is 2. The number of rotatable bonds is 7. The average molecular weight is 263 g/mol. The third-order valence-corrected chi connectivity index (χ3v) is 2.79. The minimum atomic E-state index is -0.814. The van der Waals surface area contributed by atoms with E-state index >= 15 is 0 Å². The predicted molar refractivity (Wildman–Crippen MR) is 75.1 cm³/mol. The van der Waals surface area contributed by atoms with Crippen molar-refractivity contribution in [2.75, 3.05) is 5.32 Å². The van der Waals surface area contributed by atoms with Crippen LogP contribution in [-0.4, -0.2) is 17.0 Å². The van der Waals surface area contributed by atoms with Gasteiger partial charge >= 0.3 is 5.97 Å². The van der Waals surface area contributed by atoms with Crippen molar-refractivity contribution >= 4 is 17.6 Å². The fourth-order valence-corrected chi connectivity index (χ4v) is 1.70. The van der Waals surface area contributed by atoms with Crippen LogP contribution >= 0.6 is 0 Å². The molecule has 1 rings (SSSR count). The van der Waals surface area contributed by atoms with Gasteiger partial charge in [0, 0.05) is 18.5 Å². The molecule has 2 N–H and O–H groups in total. The summed E-state index contributed by atoms with van der Waals surface area (Å²) in [6, 6.07) is 7.34. The van der Waals surface area contributed by atoms with E-state index in [0.717, 1.165) is 17.7 Å². The number of hydrogen-bond donors (Lipinski definition) is 2. The van der Waals surface area contributed by atoms with E-state index in [4.69, 9.17) is 5.11 Å². The quantitative estimate of drug-likeness (QED) is 0.794. The number of benzene rings is 1. The van der Waals surface area contributed by atoms with Crippen molar-refractivity contribution in [2.45, 2.75) is 39.5 Å². The first-order valence-electron chi connectivity index (χ1n) is 6.58. The van der Waals surface area contributed by atoms with Crippen LogP contribution in [0.1, 0.15) is 38.7 Å². The van der Waals surface area contributed by atoms with Crippen LogP contribution in [0.2, 0.25) is 0 Å². The molecule has 0 radical (unpaired) electrons. The third kappa shape index (κ3) is 6.60. The van der Waals surface area contributed by atoms with E-state index in [0.29, 0.717) is 18.8 Å². The van der Waals surface area contributed by atoms with E-state index in [-0.39, 0.29) is 12.3 Å². The third-order valence-electron chi connectivity index (χ3n) is 2.79. The van der Waals surface area contributed by atoms with E-state index in [1.807, 2.05) is 24.3 Å². The van der Waals surface area contributed by atoms with Gasteiger partial charge in [0.15, 0.2) is 0 Å². The highest BCUT2D eigenvalue weighted by Gasteiger charge is 2.05. The molecular weight excluding hydrogens is 242 g/mol. The van der Waals surface area contributed by atoms with Crippen LogP contribution in [0.5, 0.6) is 0 Å². The number of amides is 1. The van der Waals surface area contributed by atoms with Crippen LogP contribution in [-0.2, 0) is 16.0 Å². The molecule has 0 aliphatic carbocycles. The molecule has 0 heterocycles. The van der Waals surface area contributed by atoms with Gasteiger partial charge in [-0.05, 0) is 36.5 Å². The molecule has 19 heavy (non-hydrogen) atoms. The summed E-state index contributed by atoms with van der Waals surface area (Å²) >= 11 is 0. The molecule has 4 nitrogen and oxygen atoms in total. The summed E-state index contributed by atoms with van der Waals surface area (Å²) in [4.78, 5) is 22.2. The molecule has 1 amide bonds. The molecule has 0 saturated carbocycles. The fraction of sp³-hybridized carbons (Fsp3) is 0.467. The van der Waals surface area contributed by atoms with Crippen molar-refractivity contribution < 1.29 is 14.7 Å². The Kier molecular flexibility index (Phi) is 6.06. The molecule has 1 aromatic rings. The molecule has 0 aromatic heterocycles. The van der Waals surface area contributed by atoms with Gasteiger partial charge < -0.3 is 10.4 Å². The first kappa shape index (κ1) is 15.2. The summed E-state index contributed by atoms with van der Waals surface area (Å²) in [5.74, 6) is -0.303. The van der Waals surface area contributed by atoms with Gasteiger partial charge in [0.1, 0.15) is 0 Å². The van der Waals surface area contributed by atoms with Crippen molar-refractivity contribution in [1.29, 1.82) is 0 Å². The monoisotopic (exact) mass is 263 g/mol. The molecule has 0 unspecified atom stereocenters. The topological polar surface area (TPSA) is 66.4 Å². The van der Waals surface area contributed by atoms with Crippen LogP contribution in [0.4, 0.5) is 5.69 Å².